The van der Waals surface area contributed by atoms with Gasteiger partial charge in [-0.25, -0.2) is 4.98 Å². The zero-order chi connectivity index (χ0) is 13.3. The largest absolute Gasteiger partial charge is 0.327 e. The van der Waals surface area contributed by atoms with Crippen molar-refractivity contribution in [3.8, 4) is 0 Å². The fourth-order valence-electron chi connectivity index (χ4n) is 2.26. The van der Waals surface area contributed by atoms with Crippen molar-refractivity contribution < 1.29 is 0 Å². The number of halogens is 1. The molecule has 0 spiro atoms. The van der Waals surface area contributed by atoms with E-state index in [-0.39, 0.29) is 5.41 Å². The van der Waals surface area contributed by atoms with E-state index in [1.807, 2.05) is 0 Å². The number of benzene rings is 1. The Balaban J connectivity index is 2.59. The third-order valence-corrected chi connectivity index (χ3v) is 3.20. The minimum atomic E-state index is 0.235. The van der Waals surface area contributed by atoms with E-state index < -0.39 is 0 Å². The van der Waals surface area contributed by atoms with Crippen LogP contribution in [0.4, 0.5) is 0 Å². The predicted octanol–water partition coefficient (Wildman–Crippen LogP) is 4.17. The lowest BCUT2D eigenvalue weighted by Crippen LogP contribution is -2.17. The first-order valence-electron chi connectivity index (χ1n) is 6.43. The molecule has 0 fully saturated rings. The van der Waals surface area contributed by atoms with Crippen molar-refractivity contribution >= 4 is 22.6 Å². The normalized spacial score (nSPS) is 12.3. The van der Waals surface area contributed by atoms with Gasteiger partial charge in [-0.3, -0.25) is 0 Å². The van der Waals surface area contributed by atoms with Crippen molar-refractivity contribution in [3.05, 3.63) is 29.6 Å². The molecule has 0 unspecified atom stereocenters. The molecule has 1 aromatic heterocycles. The predicted molar refractivity (Wildman–Crippen MR) is 78.3 cm³/mol. The molecular formula is C15H21ClN2. The first-order valence-corrected chi connectivity index (χ1v) is 6.96. The second kappa shape index (κ2) is 4.93. The highest BCUT2D eigenvalue weighted by molar-refractivity contribution is 6.17. The molecule has 18 heavy (non-hydrogen) atoms. The Bertz CT molecular complexity index is 549. The van der Waals surface area contributed by atoms with E-state index >= 15 is 0 Å². The van der Waals surface area contributed by atoms with Crippen molar-refractivity contribution in [2.45, 2.75) is 40.7 Å². The van der Waals surface area contributed by atoms with Crippen LogP contribution in [0.25, 0.3) is 11.0 Å². The standard InChI is InChI=1S/C15H21ClN2/c1-11-6-5-7-12-14(11)17-13(8-9-16)18(12)10-15(2,3)4/h5-7H,8-10H2,1-4H3. The van der Waals surface area contributed by atoms with Crippen LogP contribution in [0.5, 0.6) is 0 Å². The molecular weight excluding hydrogens is 244 g/mol. The van der Waals surface area contributed by atoms with Gasteiger partial charge in [-0.1, -0.05) is 32.9 Å². The Morgan fingerprint density at radius 2 is 2.00 bits per heavy atom. The number of aryl methyl sites for hydroxylation is 2. The van der Waals surface area contributed by atoms with Crippen LogP contribution >= 0.6 is 11.6 Å². The van der Waals surface area contributed by atoms with Crippen LogP contribution in [0, 0.1) is 12.3 Å². The summed E-state index contributed by atoms with van der Waals surface area (Å²) in [5.74, 6) is 1.72. The molecule has 98 valence electrons. The van der Waals surface area contributed by atoms with Crippen LogP contribution < -0.4 is 0 Å². The number of rotatable bonds is 3. The van der Waals surface area contributed by atoms with Gasteiger partial charge in [0.15, 0.2) is 0 Å². The zero-order valence-electron chi connectivity index (χ0n) is 11.6. The Labute approximate surface area is 114 Å². The van der Waals surface area contributed by atoms with Crippen LogP contribution in [-0.2, 0) is 13.0 Å². The lowest BCUT2D eigenvalue weighted by molar-refractivity contribution is 0.343. The van der Waals surface area contributed by atoms with Gasteiger partial charge in [0.2, 0.25) is 0 Å². The number of imidazole rings is 1. The molecule has 0 aliphatic heterocycles. The molecule has 0 saturated carbocycles. The lowest BCUT2D eigenvalue weighted by Gasteiger charge is -2.21. The molecule has 0 bridgehead atoms. The van der Waals surface area contributed by atoms with Crippen LogP contribution in [0.3, 0.4) is 0 Å². The summed E-state index contributed by atoms with van der Waals surface area (Å²) < 4.78 is 2.32. The maximum absolute atomic E-state index is 5.89. The van der Waals surface area contributed by atoms with Gasteiger partial charge in [-0.05, 0) is 24.0 Å². The number of para-hydroxylation sites is 1. The Morgan fingerprint density at radius 3 is 2.61 bits per heavy atom. The highest BCUT2D eigenvalue weighted by Gasteiger charge is 2.17. The number of hydrogen-bond donors (Lipinski definition) is 0. The van der Waals surface area contributed by atoms with E-state index in [9.17, 15) is 0 Å². The van der Waals surface area contributed by atoms with E-state index in [2.05, 4.69) is 50.5 Å². The first kappa shape index (κ1) is 13.4. The van der Waals surface area contributed by atoms with Crippen LogP contribution in [0.1, 0.15) is 32.2 Å². The average Bonchev–Trinajstić information content (AvgIpc) is 2.58. The fourth-order valence-corrected chi connectivity index (χ4v) is 2.43. The van der Waals surface area contributed by atoms with Gasteiger partial charge in [-0.2, -0.15) is 0 Å². The molecule has 0 amide bonds. The van der Waals surface area contributed by atoms with E-state index in [0.717, 1.165) is 24.3 Å². The van der Waals surface area contributed by atoms with Gasteiger partial charge in [0.1, 0.15) is 5.82 Å². The molecule has 2 rings (SSSR count). The summed E-state index contributed by atoms with van der Waals surface area (Å²) in [6.07, 6.45) is 0.825. The quantitative estimate of drug-likeness (QED) is 0.761. The Hall–Kier alpha value is -1.02. The maximum atomic E-state index is 5.89. The Kier molecular flexibility index (Phi) is 3.67. The van der Waals surface area contributed by atoms with E-state index in [1.54, 1.807) is 0 Å². The summed E-state index contributed by atoms with van der Waals surface area (Å²) in [4.78, 5) is 4.76. The van der Waals surface area contributed by atoms with Gasteiger partial charge in [0, 0.05) is 18.8 Å². The molecule has 0 aliphatic carbocycles. The topological polar surface area (TPSA) is 17.8 Å². The molecule has 1 heterocycles. The summed E-state index contributed by atoms with van der Waals surface area (Å²) in [5.41, 5.74) is 3.81. The van der Waals surface area contributed by atoms with E-state index in [1.165, 1.54) is 11.1 Å². The molecule has 0 atom stereocenters. The number of aromatic nitrogens is 2. The molecule has 0 saturated heterocycles. The molecule has 0 radical (unpaired) electrons. The highest BCUT2D eigenvalue weighted by Crippen LogP contribution is 2.25. The third kappa shape index (κ3) is 2.69. The molecule has 3 heteroatoms. The van der Waals surface area contributed by atoms with Gasteiger partial charge in [0.05, 0.1) is 11.0 Å². The minimum Gasteiger partial charge on any atom is -0.327 e. The zero-order valence-corrected chi connectivity index (χ0v) is 12.4. The number of fused-ring (bicyclic) bond motifs is 1. The summed E-state index contributed by atoms with van der Waals surface area (Å²) in [7, 11) is 0. The fraction of sp³-hybridized carbons (Fsp3) is 0.533. The smallest absolute Gasteiger partial charge is 0.111 e. The number of hydrogen-bond acceptors (Lipinski definition) is 1. The van der Waals surface area contributed by atoms with Gasteiger partial charge in [-0.15, -0.1) is 11.6 Å². The highest BCUT2D eigenvalue weighted by atomic mass is 35.5. The average molecular weight is 265 g/mol. The van der Waals surface area contributed by atoms with Gasteiger partial charge < -0.3 is 4.57 Å². The lowest BCUT2D eigenvalue weighted by atomic mass is 9.96. The van der Waals surface area contributed by atoms with Crippen LogP contribution in [0.15, 0.2) is 18.2 Å². The molecule has 0 N–H and O–H groups in total. The minimum absolute atomic E-state index is 0.235. The summed E-state index contributed by atoms with van der Waals surface area (Å²) in [6, 6.07) is 6.36. The summed E-state index contributed by atoms with van der Waals surface area (Å²) in [6.45, 7) is 9.83. The number of alkyl halides is 1. The van der Waals surface area contributed by atoms with Gasteiger partial charge >= 0.3 is 0 Å². The van der Waals surface area contributed by atoms with E-state index in [4.69, 9.17) is 16.6 Å². The Morgan fingerprint density at radius 1 is 1.28 bits per heavy atom. The van der Waals surface area contributed by atoms with Gasteiger partial charge in [0.25, 0.3) is 0 Å². The second-order valence-corrected chi connectivity index (χ2v) is 6.43. The van der Waals surface area contributed by atoms with Crippen molar-refractivity contribution in [1.82, 2.24) is 9.55 Å². The monoisotopic (exact) mass is 264 g/mol. The molecule has 1 aromatic carbocycles. The SMILES string of the molecule is Cc1cccc2c1nc(CCCl)n2CC(C)(C)C. The van der Waals surface area contributed by atoms with Crippen LogP contribution in [-0.4, -0.2) is 15.4 Å². The van der Waals surface area contributed by atoms with Crippen molar-refractivity contribution in [2.24, 2.45) is 5.41 Å². The van der Waals surface area contributed by atoms with Crippen molar-refractivity contribution in [2.75, 3.05) is 5.88 Å². The van der Waals surface area contributed by atoms with Crippen molar-refractivity contribution in [3.63, 3.8) is 0 Å². The van der Waals surface area contributed by atoms with Crippen LogP contribution in [0.2, 0.25) is 0 Å². The molecule has 0 aliphatic rings. The second-order valence-electron chi connectivity index (χ2n) is 6.06. The molecule has 2 aromatic rings. The maximum Gasteiger partial charge on any atom is 0.111 e. The third-order valence-electron chi connectivity index (χ3n) is 3.01. The summed E-state index contributed by atoms with van der Waals surface area (Å²) >= 11 is 5.89. The summed E-state index contributed by atoms with van der Waals surface area (Å²) in [5, 5.41) is 0. The number of nitrogens with zero attached hydrogens (tertiary/aromatic N) is 2. The van der Waals surface area contributed by atoms with E-state index in [0.29, 0.717) is 5.88 Å². The first-order chi connectivity index (χ1) is 8.42. The molecule has 2 nitrogen and oxygen atoms in total. The van der Waals surface area contributed by atoms with Crippen molar-refractivity contribution in [1.29, 1.82) is 0 Å².